The van der Waals surface area contributed by atoms with E-state index in [9.17, 15) is 19.5 Å². The number of carbonyl (C=O) groups excluding carboxylic acids is 2. The maximum atomic E-state index is 13.8. The molecule has 0 radical (unpaired) electrons. The zero-order chi connectivity index (χ0) is 33.4. The van der Waals surface area contributed by atoms with Crippen molar-refractivity contribution in [3.8, 4) is 17.3 Å². The van der Waals surface area contributed by atoms with Crippen molar-refractivity contribution in [2.24, 2.45) is 17.1 Å². The average molecular weight is 642 g/mol. The Balaban J connectivity index is 1.25. The van der Waals surface area contributed by atoms with Crippen molar-refractivity contribution in [2.75, 3.05) is 7.11 Å². The number of hydrogen-bond donors (Lipinski definition) is 3. The van der Waals surface area contributed by atoms with Crippen LogP contribution in [0.25, 0.3) is 28.1 Å². The molecule has 248 valence electrons. The third kappa shape index (κ3) is 5.42. The fourth-order valence-corrected chi connectivity index (χ4v) is 7.46. The van der Waals surface area contributed by atoms with Crippen molar-refractivity contribution in [3.63, 3.8) is 0 Å². The highest BCUT2D eigenvalue weighted by atomic mass is 16.5. The quantitative estimate of drug-likeness (QED) is 0.229. The highest BCUT2D eigenvalue weighted by Gasteiger charge is 2.47. The maximum absolute atomic E-state index is 13.8. The summed E-state index contributed by atoms with van der Waals surface area (Å²) in [6, 6.07) is 9.53. The zero-order valence-electron chi connectivity index (χ0n) is 27.6. The van der Waals surface area contributed by atoms with Gasteiger partial charge >= 0.3 is 5.97 Å². The molecule has 12 nitrogen and oxygen atoms in total. The van der Waals surface area contributed by atoms with Crippen LogP contribution in [0.1, 0.15) is 87.1 Å². The predicted octanol–water partition coefficient (Wildman–Crippen LogP) is 4.46. The van der Waals surface area contributed by atoms with Crippen LogP contribution in [0.5, 0.6) is 5.88 Å². The topological polar surface area (TPSA) is 157 Å². The van der Waals surface area contributed by atoms with Gasteiger partial charge in [-0.05, 0) is 90.0 Å². The van der Waals surface area contributed by atoms with Gasteiger partial charge in [0, 0.05) is 48.1 Å². The van der Waals surface area contributed by atoms with Crippen LogP contribution in [0.2, 0.25) is 0 Å². The molecule has 4 N–H and O–H groups in total. The van der Waals surface area contributed by atoms with Crippen LogP contribution in [-0.2, 0) is 16.1 Å². The molecule has 0 spiro atoms. The number of rotatable bonds is 10. The number of carbonyl (C=O) groups is 3. The number of fused-ring (bicyclic) bond motifs is 4. The number of nitrogens with zero attached hydrogens (tertiary/aromatic N) is 5. The summed E-state index contributed by atoms with van der Waals surface area (Å²) in [6.45, 7) is 7.73. The summed E-state index contributed by atoms with van der Waals surface area (Å²) in [5.41, 5.74) is 10.4. The summed E-state index contributed by atoms with van der Waals surface area (Å²) in [5.74, 6) is -0.299. The van der Waals surface area contributed by atoms with Crippen LogP contribution in [0.3, 0.4) is 0 Å². The van der Waals surface area contributed by atoms with Gasteiger partial charge in [0.05, 0.1) is 35.6 Å². The SMILES string of the molecule is COc1cc(C(=O)N2[C@H]3CC[C@@H]2[C@H](N)C3)cc2nc(-c3cc4ccc([C@@H](C)NC(=O)CC(C)(C)C(=O)O)nc4n3CC3CC3)c(C)n12. The number of methoxy groups -OCH3 is 1. The maximum Gasteiger partial charge on any atom is 0.309 e. The normalized spacial score (nSPS) is 21.5. The van der Waals surface area contributed by atoms with Crippen molar-refractivity contribution in [2.45, 2.75) is 96.9 Å². The number of carboxylic acid groups (broad SMARTS) is 1. The van der Waals surface area contributed by atoms with E-state index in [0.717, 1.165) is 66.8 Å². The number of imidazole rings is 1. The van der Waals surface area contributed by atoms with Gasteiger partial charge in [-0.3, -0.25) is 18.8 Å². The van der Waals surface area contributed by atoms with Crippen molar-refractivity contribution in [1.82, 2.24) is 29.2 Å². The molecule has 3 fully saturated rings. The van der Waals surface area contributed by atoms with Crippen LogP contribution >= 0.6 is 0 Å². The Labute approximate surface area is 273 Å². The lowest BCUT2D eigenvalue weighted by molar-refractivity contribution is -0.149. The number of pyridine rings is 2. The van der Waals surface area contributed by atoms with Gasteiger partial charge in [-0.2, -0.15) is 0 Å². The first-order valence-electron chi connectivity index (χ1n) is 16.5. The minimum atomic E-state index is -1.17. The van der Waals surface area contributed by atoms with Gasteiger partial charge in [-0.25, -0.2) is 9.97 Å². The molecular formula is C35H43N7O5. The average Bonchev–Trinajstić information content (AvgIpc) is 3.34. The van der Waals surface area contributed by atoms with E-state index in [0.29, 0.717) is 28.7 Å². The summed E-state index contributed by atoms with van der Waals surface area (Å²) in [6.07, 6.45) is 4.95. The molecule has 47 heavy (non-hydrogen) atoms. The number of nitrogens with two attached hydrogens (primary N) is 1. The first-order chi connectivity index (χ1) is 22.4. The second-order valence-corrected chi connectivity index (χ2v) is 14.3. The second kappa shape index (κ2) is 11.4. The first kappa shape index (κ1) is 31.2. The summed E-state index contributed by atoms with van der Waals surface area (Å²) in [7, 11) is 1.61. The molecule has 1 aliphatic carbocycles. The molecule has 6 heterocycles. The van der Waals surface area contributed by atoms with Crippen LogP contribution in [0, 0.1) is 18.3 Å². The molecule has 2 aliphatic heterocycles. The van der Waals surface area contributed by atoms with Crippen LogP contribution in [0.4, 0.5) is 0 Å². The molecule has 4 aromatic heterocycles. The minimum absolute atomic E-state index is 0.0226. The molecule has 4 atom stereocenters. The summed E-state index contributed by atoms with van der Waals surface area (Å²) in [5, 5.41) is 13.3. The molecule has 0 aromatic carbocycles. The number of amides is 2. The molecule has 12 heteroatoms. The lowest BCUT2D eigenvalue weighted by Gasteiger charge is -2.23. The Bertz CT molecular complexity index is 1920. The van der Waals surface area contributed by atoms with Crippen molar-refractivity contribution >= 4 is 34.5 Å². The molecular weight excluding hydrogens is 598 g/mol. The number of aryl methyl sites for hydroxylation is 1. The number of ether oxygens (including phenoxy) is 1. The number of aromatic nitrogens is 4. The number of aliphatic carboxylic acids is 1. The van der Waals surface area contributed by atoms with E-state index in [1.807, 2.05) is 41.3 Å². The van der Waals surface area contributed by atoms with Gasteiger partial charge in [-0.15, -0.1) is 0 Å². The third-order valence-corrected chi connectivity index (χ3v) is 10.3. The second-order valence-electron chi connectivity index (χ2n) is 14.3. The first-order valence-corrected chi connectivity index (χ1v) is 16.5. The molecule has 7 rings (SSSR count). The predicted molar refractivity (Wildman–Crippen MR) is 176 cm³/mol. The summed E-state index contributed by atoms with van der Waals surface area (Å²) in [4.78, 5) is 50.1. The smallest absolute Gasteiger partial charge is 0.309 e. The van der Waals surface area contributed by atoms with E-state index >= 15 is 0 Å². The molecule has 1 saturated carbocycles. The van der Waals surface area contributed by atoms with E-state index in [-0.39, 0.29) is 36.4 Å². The lowest BCUT2D eigenvalue weighted by atomic mass is 9.89. The highest BCUT2D eigenvalue weighted by molar-refractivity contribution is 5.97. The molecule has 2 saturated heterocycles. The van der Waals surface area contributed by atoms with Gasteiger partial charge in [0.15, 0.2) is 5.88 Å². The van der Waals surface area contributed by atoms with Gasteiger partial charge in [0.1, 0.15) is 17.0 Å². The Kier molecular flexibility index (Phi) is 7.53. The van der Waals surface area contributed by atoms with Crippen molar-refractivity contribution in [1.29, 1.82) is 0 Å². The fourth-order valence-electron chi connectivity index (χ4n) is 7.46. The number of carboxylic acids is 1. The molecule has 3 aliphatic rings. The van der Waals surface area contributed by atoms with E-state index in [2.05, 4.69) is 16.0 Å². The van der Waals surface area contributed by atoms with Crippen molar-refractivity contribution in [3.05, 3.63) is 47.3 Å². The fraction of sp³-hybridized carbons (Fsp3) is 0.514. The molecule has 2 amide bonds. The lowest BCUT2D eigenvalue weighted by Crippen LogP contribution is -2.40. The Morgan fingerprint density at radius 2 is 1.89 bits per heavy atom. The molecule has 0 unspecified atom stereocenters. The Morgan fingerprint density at radius 1 is 1.13 bits per heavy atom. The monoisotopic (exact) mass is 641 g/mol. The summed E-state index contributed by atoms with van der Waals surface area (Å²) < 4.78 is 9.99. The van der Waals surface area contributed by atoms with Crippen molar-refractivity contribution < 1.29 is 24.2 Å². The van der Waals surface area contributed by atoms with Crippen LogP contribution < -0.4 is 15.8 Å². The standard InChI is InChI=1S/C35H43N7O5/c1-18(37-29(43)16-35(3,4)34(45)46)25-10-8-21-12-27(40(32(21)38-25)17-20-6-7-20)31-19(2)41-28(39-31)13-22(14-30(41)47-5)33(44)42-23-9-11-26(42)24(36)15-23/h8,10,12-14,18,20,23-24,26H,6-7,9,11,15-17,36H2,1-5H3,(H,37,43)(H,45,46)/t18-,23+,24-,26-/m1/s1. The largest absolute Gasteiger partial charge is 0.482 e. The van der Waals surface area contributed by atoms with Gasteiger partial charge in [0.25, 0.3) is 5.91 Å². The number of nitrogens with one attached hydrogen (secondary N) is 1. The van der Waals surface area contributed by atoms with Gasteiger partial charge in [-0.1, -0.05) is 0 Å². The van der Waals surface area contributed by atoms with E-state index in [1.54, 1.807) is 27.0 Å². The third-order valence-electron chi connectivity index (χ3n) is 10.3. The zero-order valence-corrected chi connectivity index (χ0v) is 27.6. The summed E-state index contributed by atoms with van der Waals surface area (Å²) >= 11 is 0. The Morgan fingerprint density at radius 3 is 2.53 bits per heavy atom. The van der Waals surface area contributed by atoms with E-state index < -0.39 is 17.4 Å². The van der Waals surface area contributed by atoms with Gasteiger partial charge < -0.3 is 30.4 Å². The van der Waals surface area contributed by atoms with Crippen LogP contribution in [-0.4, -0.2) is 72.0 Å². The minimum Gasteiger partial charge on any atom is -0.482 e. The molecule has 4 aromatic rings. The van der Waals surface area contributed by atoms with E-state index in [1.165, 1.54) is 0 Å². The van der Waals surface area contributed by atoms with Gasteiger partial charge in [0.2, 0.25) is 5.91 Å². The number of hydrogen-bond acceptors (Lipinski definition) is 7. The highest BCUT2D eigenvalue weighted by Crippen LogP contribution is 2.40. The van der Waals surface area contributed by atoms with E-state index in [4.69, 9.17) is 20.4 Å². The Hall–Kier alpha value is -4.45. The van der Waals surface area contributed by atoms with Crippen LogP contribution in [0.15, 0.2) is 30.3 Å². The molecule has 2 bridgehead atoms.